The summed E-state index contributed by atoms with van der Waals surface area (Å²) in [4.78, 5) is 23.6. The molecule has 5 nitrogen and oxygen atoms in total. The lowest BCUT2D eigenvalue weighted by Gasteiger charge is -2.15. The first-order valence-electron chi connectivity index (χ1n) is 4.59. The Balaban J connectivity index is 2.41. The molecule has 1 aliphatic rings. The van der Waals surface area contributed by atoms with E-state index in [0.717, 1.165) is 0 Å². The van der Waals surface area contributed by atoms with Crippen LogP contribution in [-0.2, 0) is 9.59 Å². The highest BCUT2D eigenvalue weighted by molar-refractivity contribution is 6.01. The zero-order valence-electron chi connectivity index (χ0n) is 8.12. The standard InChI is InChI=1S/C9H13N3O2/c1-11-7(6-10)4-5-12-8(13)2-3-9(12)14/h7,11H,2-5H2,1H3. The molecule has 5 heteroatoms. The summed E-state index contributed by atoms with van der Waals surface area (Å²) in [6.45, 7) is 0.344. The number of likely N-dealkylation sites (tertiary alicyclic amines) is 1. The van der Waals surface area contributed by atoms with Crippen LogP contribution in [0.25, 0.3) is 0 Å². The van der Waals surface area contributed by atoms with E-state index in [1.165, 1.54) is 4.90 Å². The van der Waals surface area contributed by atoms with E-state index in [9.17, 15) is 9.59 Å². The van der Waals surface area contributed by atoms with Crippen LogP contribution in [0.4, 0.5) is 0 Å². The largest absolute Gasteiger partial charge is 0.305 e. The number of hydrogen-bond donors (Lipinski definition) is 1. The minimum Gasteiger partial charge on any atom is -0.305 e. The predicted octanol–water partition coefficient (Wildman–Crippen LogP) is -0.363. The fourth-order valence-electron chi connectivity index (χ4n) is 1.40. The van der Waals surface area contributed by atoms with Gasteiger partial charge in [-0.15, -0.1) is 0 Å². The van der Waals surface area contributed by atoms with Crippen LogP contribution in [0, 0.1) is 11.3 Å². The molecule has 0 radical (unpaired) electrons. The summed E-state index contributed by atoms with van der Waals surface area (Å²) >= 11 is 0. The van der Waals surface area contributed by atoms with Crippen LogP contribution in [0.5, 0.6) is 0 Å². The van der Waals surface area contributed by atoms with E-state index in [0.29, 0.717) is 25.8 Å². The summed E-state index contributed by atoms with van der Waals surface area (Å²) in [5, 5.41) is 11.4. The fourth-order valence-corrected chi connectivity index (χ4v) is 1.40. The van der Waals surface area contributed by atoms with Crippen LogP contribution in [0.15, 0.2) is 0 Å². The quantitative estimate of drug-likeness (QED) is 0.621. The van der Waals surface area contributed by atoms with Gasteiger partial charge in [0.05, 0.1) is 12.1 Å². The molecule has 0 saturated carbocycles. The number of amides is 2. The van der Waals surface area contributed by atoms with Gasteiger partial charge in [0, 0.05) is 19.4 Å². The molecular formula is C9H13N3O2. The van der Waals surface area contributed by atoms with Crippen molar-refractivity contribution >= 4 is 11.8 Å². The molecule has 1 atom stereocenters. The highest BCUT2D eigenvalue weighted by Gasteiger charge is 2.28. The molecule has 0 aromatic heterocycles. The van der Waals surface area contributed by atoms with Gasteiger partial charge >= 0.3 is 0 Å². The van der Waals surface area contributed by atoms with Crippen LogP contribution < -0.4 is 5.32 Å². The fraction of sp³-hybridized carbons (Fsp3) is 0.667. The third kappa shape index (κ3) is 2.30. The Morgan fingerprint density at radius 3 is 2.50 bits per heavy atom. The Bertz CT molecular complexity index is 266. The van der Waals surface area contributed by atoms with Crippen molar-refractivity contribution in [2.45, 2.75) is 25.3 Å². The number of imide groups is 1. The normalized spacial score (nSPS) is 18.4. The van der Waals surface area contributed by atoms with Crippen molar-refractivity contribution in [1.82, 2.24) is 10.2 Å². The first kappa shape index (κ1) is 10.7. The summed E-state index contributed by atoms with van der Waals surface area (Å²) in [6, 6.07) is 1.75. The Morgan fingerprint density at radius 1 is 1.50 bits per heavy atom. The van der Waals surface area contributed by atoms with Gasteiger partial charge in [-0.05, 0) is 13.5 Å². The Kier molecular flexibility index (Phi) is 3.60. The van der Waals surface area contributed by atoms with E-state index in [1.807, 2.05) is 6.07 Å². The maximum Gasteiger partial charge on any atom is 0.229 e. The molecule has 1 unspecified atom stereocenters. The number of carbonyl (C=O) groups excluding carboxylic acids is 2. The number of nitriles is 1. The smallest absolute Gasteiger partial charge is 0.229 e. The highest BCUT2D eigenvalue weighted by atomic mass is 16.2. The van der Waals surface area contributed by atoms with Crippen molar-refractivity contribution in [3.05, 3.63) is 0 Å². The molecule has 0 aromatic rings. The molecule has 1 heterocycles. The number of rotatable bonds is 4. The van der Waals surface area contributed by atoms with Crippen LogP contribution in [0.3, 0.4) is 0 Å². The summed E-state index contributed by atoms with van der Waals surface area (Å²) < 4.78 is 0. The zero-order chi connectivity index (χ0) is 10.6. The lowest BCUT2D eigenvalue weighted by molar-refractivity contribution is -0.138. The second-order valence-electron chi connectivity index (χ2n) is 3.20. The van der Waals surface area contributed by atoms with E-state index < -0.39 is 0 Å². The van der Waals surface area contributed by atoms with E-state index in [-0.39, 0.29) is 17.9 Å². The van der Waals surface area contributed by atoms with Gasteiger partial charge in [0.15, 0.2) is 0 Å². The maximum atomic E-state index is 11.2. The van der Waals surface area contributed by atoms with Crippen molar-refractivity contribution < 1.29 is 9.59 Å². The highest BCUT2D eigenvalue weighted by Crippen LogP contribution is 2.12. The molecule has 76 valence electrons. The minimum absolute atomic E-state index is 0.122. The molecule has 1 aliphatic heterocycles. The van der Waals surface area contributed by atoms with Gasteiger partial charge in [0.2, 0.25) is 11.8 Å². The Morgan fingerprint density at radius 2 is 2.07 bits per heavy atom. The molecule has 1 N–H and O–H groups in total. The van der Waals surface area contributed by atoms with Crippen LogP contribution >= 0.6 is 0 Å². The van der Waals surface area contributed by atoms with Gasteiger partial charge in [-0.3, -0.25) is 14.5 Å². The third-order valence-electron chi connectivity index (χ3n) is 2.30. The second-order valence-corrected chi connectivity index (χ2v) is 3.20. The monoisotopic (exact) mass is 195 g/mol. The van der Waals surface area contributed by atoms with Gasteiger partial charge in [0.1, 0.15) is 0 Å². The van der Waals surface area contributed by atoms with Crippen LogP contribution in [-0.4, -0.2) is 36.3 Å². The maximum absolute atomic E-state index is 11.2. The van der Waals surface area contributed by atoms with Crippen molar-refractivity contribution in [3.63, 3.8) is 0 Å². The number of nitrogens with one attached hydrogen (secondary N) is 1. The first-order valence-corrected chi connectivity index (χ1v) is 4.59. The lowest BCUT2D eigenvalue weighted by Crippen LogP contribution is -2.34. The molecule has 0 bridgehead atoms. The Hall–Kier alpha value is -1.41. The first-order chi connectivity index (χ1) is 6.69. The molecule has 0 aliphatic carbocycles. The van der Waals surface area contributed by atoms with Crippen molar-refractivity contribution in [2.75, 3.05) is 13.6 Å². The summed E-state index contributed by atoms with van der Waals surface area (Å²) in [5.74, 6) is -0.245. The predicted molar refractivity (Wildman–Crippen MR) is 49.0 cm³/mol. The Labute approximate surface area is 82.7 Å². The summed E-state index contributed by atoms with van der Waals surface area (Å²) in [5.41, 5.74) is 0. The van der Waals surface area contributed by atoms with E-state index >= 15 is 0 Å². The van der Waals surface area contributed by atoms with Gasteiger partial charge in [-0.2, -0.15) is 5.26 Å². The van der Waals surface area contributed by atoms with Gasteiger partial charge < -0.3 is 5.32 Å². The molecule has 1 fully saturated rings. The zero-order valence-corrected chi connectivity index (χ0v) is 8.12. The minimum atomic E-state index is -0.295. The van der Waals surface area contributed by atoms with Crippen molar-refractivity contribution in [1.29, 1.82) is 5.26 Å². The number of hydrogen-bond acceptors (Lipinski definition) is 4. The summed E-state index contributed by atoms with van der Waals surface area (Å²) in [7, 11) is 1.68. The average molecular weight is 195 g/mol. The van der Waals surface area contributed by atoms with Gasteiger partial charge in [-0.25, -0.2) is 0 Å². The van der Waals surface area contributed by atoms with E-state index in [4.69, 9.17) is 5.26 Å². The SMILES string of the molecule is CNC(C#N)CCN1C(=O)CCC1=O. The molecule has 14 heavy (non-hydrogen) atoms. The molecule has 0 aromatic carbocycles. The van der Waals surface area contributed by atoms with Gasteiger partial charge in [0.25, 0.3) is 0 Å². The van der Waals surface area contributed by atoms with Crippen molar-refractivity contribution in [3.8, 4) is 6.07 Å². The molecule has 1 rings (SSSR count). The lowest BCUT2D eigenvalue weighted by atomic mass is 10.2. The topological polar surface area (TPSA) is 73.2 Å². The van der Waals surface area contributed by atoms with Crippen LogP contribution in [0.2, 0.25) is 0 Å². The second kappa shape index (κ2) is 4.72. The number of nitrogens with zero attached hydrogens (tertiary/aromatic N) is 2. The van der Waals surface area contributed by atoms with Crippen molar-refractivity contribution in [2.24, 2.45) is 0 Å². The third-order valence-corrected chi connectivity index (χ3v) is 2.30. The average Bonchev–Trinajstić information content (AvgIpc) is 2.50. The molecule has 1 saturated heterocycles. The molecular weight excluding hydrogens is 182 g/mol. The van der Waals surface area contributed by atoms with E-state index in [1.54, 1.807) is 7.05 Å². The molecule has 0 spiro atoms. The van der Waals surface area contributed by atoms with Crippen LogP contribution in [0.1, 0.15) is 19.3 Å². The molecule has 2 amide bonds. The summed E-state index contributed by atoms with van der Waals surface area (Å²) in [6.07, 6.45) is 1.12. The van der Waals surface area contributed by atoms with Gasteiger partial charge in [-0.1, -0.05) is 0 Å². The van der Waals surface area contributed by atoms with E-state index in [2.05, 4.69) is 5.32 Å². The number of carbonyl (C=O) groups is 2.